The summed E-state index contributed by atoms with van der Waals surface area (Å²) in [5.41, 5.74) is 7.73. The molecule has 0 radical (unpaired) electrons. The van der Waals surface area contributed by atoms with Crippen LogP contribution >= 0.6 is 0 Å². The van der Waals surface area contributed by atoms with E-state index >= 15 is 0 Å². The van der Waals surface area contributed by atoms with Crippen LogP contribution in [0.4, 0.5) is 0 Å². The number of H-pyrrole nitrogens is 2. The first-order valence-electron chi connectivity index (χ1n) is 12.2. The van der Waals surface area contributed by atoms with E-state index in [-0.39, 0.29) is 25.7 Å². The summed E-state index contributed by atoms with van der Waals surface area (Å²) >= 11 is 0. The number of hydrogen-bond acceptors (Lipinski definition) is 7. The molecule has 3 aromatic rings. The molecule has 3 amide bonds. The molecule has 2 heterocycles. The minimum absolute atomic E-state index is 0.0246. The standard InChI is InChI=1S/C25H31N7O7/c1-13(30-23(36)17(26)6-7-21(33)34)22(35)31-19(8-14-10-28-18-5-3-2-4-16(14)18)24(37)32-20(25(38)39)9-15-11-27-12-29-15/h2-5,10-13,17,19-20,28H,6-9,26H2,1H3,(H,27,29)(H,30,36)(H,31,35)(H,32,37)(H,33,34)(H,38,39). The van der Waals surface area contributed by atoms with E-state index < -0.39 is 53.8 Å². The van der Waals surface area contributed by atoms with Crippen LogP contribution in [0.25, 0.3) is 10.9 Å². The number of amides is 3. The molecule has 1 aromatic carbocycles. The lowest BCUT2D eigenvalue weighted by Crippen LogP contribution is -2.57. The lowest BCUT2D eigenvalue weighted by atomic mass is 10.0. The van der Waals surface area contributed by atoms with Gasteiger partial charge in [-0.1, -0.05) is 18.2 Å². The largest absolute Gasteiger partial charge is 0.481 e. The van der Waals surface area contributed by atoms with Crippen molar-refractivity contribution in [2.75, 3.05) is 0 Å². The number of nitrogens with two attached hydrogens (primary N) is 1. The van der Waals surface area contributed by atoms with E-state index in [1.54, 1.807) is 6.20 Å². The van der Waals surface area contributed by atoms with E-state index in [0.717, 1.165) is 10.9 Å². The molecule has 14 heteroatoms. The number of carboxylic acid groups (broad SMARTS) is 2. The van der Waals surface area contributed by atoms with Crippen molar-refractivity contribution in [3.63, 3.8) is 0 Å². The van der Waals surface area contributed by atoms with Gasteiger partial charge in [-0.05, 0) is 25.0 Å². The Kier molecular flexibility index (Phi) is 9.75. The van der Waals surface area contributed by atoms with Crippen molar-refractivity contribution in [1.29, 1.82) is 0 Å². The Hall–Kier alpha value is -4.72. The molecule has 2 aromatic heterocycles. The monoisotopic (exact) mass is 541 g/mol. The minimum Gasteiger partial charge on any atom is -0.481 e. The molecule has 39 heavy (non-hydrogen) atoms. The maximum atomic E-state index is 13.3. The van der Waals surface area contributed by atoms with Crippen LogP contribution in [0.5, 0.6) is 0 Å². The summed E-state index contributed by atoms with van der Waals surface area (Å²) in [6, 6.07) is 2.61. The molecule has 14 nitrogen and oxygen atoms in total. The first kappa shape index (κ1) is 28.8. The summed E-state index contributed by atoms with van der Waals surface area (Å²) in [4.78, 5) is 70.9. The molecule has 0 spiro atoms. The van der Waals surface area contributed by atoms with E-state index in [1.807, 2.05) is 24.3 Å². The van der Waals surface area contributed by atoms with Gasteiger partial charge < -0.3 is 41.9 Å². The normalized spacial score (nSPS) is 14.1. The van der Waals surface area contributed by atoms with E-state index in [0.29, 0.717) is 11.3 Å². The molecule has 0 fully saturated rings. The number of carboxylic acids is 2. The van der Waals surface area contributed by atoms with Crippen LogP contribution in [0.1, 0.15) is 31.0 Å². The van der Waals surface area contributed by atoms with Gasteiger partial charge in [0.05, 0.1) is 12.4 Å². The molecular weight excluding hydrogens is 510 g/mol. The Morgan fingerprint density at radius 1 is 0.949 bits per heavy atom. The minimum atomic E-state index is -1.30. The number of aliphatic carboxylic acids is 2. The number of benzene rings is 1. The van der Waals surface area contributed by atoms with E-state index in [1.165, 1.54) is 19.4 Å². The second kappa shape index (κ2) is 13.2. The van der Waals surface area contributed by atoms with Crippen LogP contribution < -0.4 is 21.7 Å². The third kappa shape index (κ3) is 8.13. The van der Waals surface area contributed by atoms with Crippen molar-refractivity contribution in [3.05, 3.63) is 54.2 Å². The molecule has 0 saturated carbocycles. The van der Waals surface area contributed by atoms with Gasteiger partial charge in [0.1, 0.15) is 18.1 Å². The second-order valence-electron chi connectivity index (χ2n) is 9.07. The summed E-state index contributed by atoms with van der Waals surface area (Å²) in [6.07, 6.45) is 4.06. The number of carbonyl (C=O) groups is 5. The van der Waals surface area contributed by atoms with Gasteiger partial charge in [-0.15, -0.1) is 0 Å². The Balaban J connectivity index is 1.75. The third-order valence-corrected chi connectivity index (χ3v) is 6.08. The smallest absolute Gasteiger partial charge is 0.326 e. The number of hydrogen-bond donors (Lipinski definition) is 8. The summed E-state index contributed by atoms with van der Waals surface area (Å²) < 4.78 is 0. The van der Waals surface area contributed by atoms with Crippen molar-refractivity contribution < 1.29 is 34.2 Å². The molecule has 0 aliphatic rings. The Labute approximate surface area is 222 Å². The van der Waals surface area contributed by atoms with Gasteiger partial charge in [0.2, 0.25) is 17.7 Å². The summed E-state index contributed by atoms with van der Waals surface area (Å²) in [5.74, 6) is -4.55. The third-order valence-electron chi connectivity index (χ3n) is 6.08. The number of nitrogens with zero attached hydrogens (tertiary/aromatic N) is 1. The molecule has 9 N–H and O–H groups in total. The molecule has 4 unspecified atom stereocenters. The van der Waals surface area contributed by atoms with Gasteiger partial charge in [0, 0.05) is 48.3 Å². The first-order valence-corrected chi connectivity index (χ1v) is 12.2. The molecule has 0 saturated heterocycles. The predicted octanol–water partition coefficient (Wildman–Crippen LogP) is -0.573. The zero-order chi connectivity index (χ0) is 28.5. The maximum absolute atomic E-state index is 13.3. The molecule has 4 atom stereocenters. The summed E-state index contributed by atoms with van der Waals surface area (Å²) in [6.45, 7) is 1.39. The van der Waals surface area contributed by atoms with E-state index in [4.69, 9.17) is 10.8 Å². The molecular formula is C25H31N7O7. The molecule has 0 bridgehead atoms. The van der Waals surface area contributed by atoms with Crippen molar-refractivity contribution in [2.24, 2.45) is 5.73 Å². The fourth-order valence-electron chi connectivity index (χ4n) is 3.91. The number of aromatic amines is 2. The highest BCUT2D eigenvalue weighted by Crippen LogP contribution is 2.19. The van der Waals surface area contributed by atoms with Gasteiger partial charge in [-0.3, -0.25) is 19.2 Å². The van der Waals surface area contributed by atoms with Crippen molar-refractivity contribution >= 4 is 40.6 Å². The predicted molar refractivity (Wildman–Crippen MR) is 138 cm³/mol. The maximum Gasteiger partial charge on any atom is 0.326 e. The lowest BCUT2D eigenvalue weighted by Gasteiger charge is -2.23. The van der Waals surface area contributed by atoms with Gasteiger partial charge >= 0.3 is 11.9 Å². The quantitative estimate of drug-likeness (QED) is 0.130. The number of rotatable bonds is 14. The van der Waals surface area contributed by atoms with Crippen LogP contribution in [0.3, 0.4) is 0 Å². The van der Waals surface area contributed by atoms with Gasteiger partial charge in [0.15, 0.2) is 0 Å². The van der Waals surface area contributed by atoms with Gasteiger partial charge in [-0.25, -0.2) is 9.78 Å². The van der Waals surface area contributed by atoms with E-state index in [2.05, 4.69) is 30.9 Å². The van der Waals surface area contributed by atoms with Crippen LogP contribution in [0.15, 0.2) is 43.0 Å². The Morgan fingerprint density at radius 2 is 1.67 bits per heavy atom. The number of aromatic nitrogens is 3. The van der Waals surface area contributed by atoms with Crippen molar-refractivity contribution in [1.82, 2.24) is 30.9 Å². The molecule has 0 aliphatic heterocycles. The Morgan fingerprint density at radius 3 is 2.33 bits per heavy atom. The number of nitrogens with one attached hydrogen (secondary N) is 5. The number of para-hydroxylation sites is 1. The first-order chi connectivity index (χ1) is 18.5. The fourth-order valence-corrected chi connectivity index (χ4v) is 3.91. The SMILES string of the molecule is CC(NC(=O)C(N)CCC(=O)O)C(=O)NC(Cc1c[nH]c2ccccc12)C(=O)NC(Cc1cnc[nH]1)C(=O)O. The molecule has 0 aliphatic carbocycles. The van der Waals surface area contributed by atoms with Crippen LogP contribution in [0.2, 0.25) is 0 Å². The summed E-state index contributed by atoms with van der Waals surface area (Å²) in [7, 11) is 0. The highest BCUT2D eigenvalue weighted by Gasteiger charge is 2.30. The van der Waals surface area contributed by atoms with Crippen LogP contribution in [-0.2, 0) is 36.8 Å². The zero-order valence-corrected chi connectivity index (χ0v) is 21.1. The van der Waals surface area contributed by atoms with Crippen LogP contribution in [0, 0.1) is 0 Å². The van der Waals surface area contributed by atoms with Gasteiger partial charge in [0.25, 0.3) is 0 Å². The van der Waals surface area contributed by atoms with Crippen molar-refractivity contribution in [2.45, 2.75) is 56.8 Å². The fraction of sp³-hybridized carbons (Fsp3) is 0.360. The zero-order valence-electron chi connectivity index (χ0n) is 21.1. The molecule has 208 valence electrons. The number of imidazole rings is 1. The summed E-state index contributed by atoms with van der Waals surface area (Å²) in [5, 5.41) is 26.7. The van der Waals surface area contributed by atoms with Gasteiger partial charge in [-0.2, -0.15) is 0 Å². The topological polar surface area (TPSA) is 232 Å². The lowest BCUT2D eigenvalue weighted by molar-refractivity contribution is -0.142. The Bertz CT molecular complexity index is 1320. The highest BCUT2D eigenvalue weighted by molar-refractivity contribution is 5.94. The second-order valence-corrected chi connectivity index (χ2v) is 9.07. The highest BCUT2D eigenvalue weighted by atomic mass is 16.4. The average molecular weight is 542 g/mol. The van der Waals surface area contributed by atoms with E-state index in [9.17, 15) is 29.1 Å². The number of carbonyl (C=O) groups excluding carboxylic acids is 3. The number of fused-ring (bicyclic) bond motifs is 1. The molecule has 3 rings (SSSR count). The van der Waals surface area contributed by atoms with Crippen LogP contribution in [-0.4, -0.2) is 79.0 Å². The average Bonchev–Trinajstić information content (AvgIpc) is 3.56. The van der Waals surface area contributed by atoms with Crippen molar-refractivity contribution in [3.8, 4) is 0 Å².